The average molecular weight is 947 g/mol. The van der Waals surface area contributed by atoms with Crippen LogP contribution in [0.4, 0.5) is 0 Å². The Hall–Kier alpha value is -1.48. The van der Waals surface area contributed by atoms with Gasteiger partial charge in [-0.05, 0) is 242 Å². The predicted molar refractivity (Wildman–Crippen MR) is 268 cm³/mol. The van der Waals surface area contributed by atoms with Crippen LogP contribution in [0.1, 0.15) is 205 Å². The van der Waals surface area contributed by atoms with Gasteiger partial charge in [-0.25, -0.2) is 0 Å². The summed E-state index contributed by atoms with van der Waals surface area (Å²) in [4.78, 5) is 25.6. The Labute approximate surface area is 412 Å². The van der Waals surface area contributed by atoms with E-state index in [4.69, 9.17) is 0 Å². The van der Waals surface area contributed by atoms with E-state index in [9.17, 15) is 40.2 Å². The summed E-state index contributed by atoms with van der Waals surface area (Å²) >= 11 is 0. The Morgan fingerprint density at radius 2 is 0.926 bits per heavy atom. The monoisotopic (exact) mass is 947 g/mol. The third-order valence-corrected chi connectivity index (χ3v) is 27.5. The number of rotatable bonds is 6. The van der Waals surface area contributed by atoms with Crippen LogP contribution in [-0.2, 0) is 9.59 Å². The average Bonchev–Trinajstić information content (AvgIpc) is 3.88. The van der Waals surface area contributed by atoms with Gasteiger partial charge in [0.25, 0.3) is 0 Å². The fraction of sp³-hybridized carbons (Fsp3) is 0.933. The van der Waals surface area contributed by atoms with Gasteiger partial charge >= 0.3 is 11.9 Å². The fourth-order valence-corrected chi connectivity index (χ4v) is 23.3. The zero-order valence-electron chi connectivity index (χ0n) is 44.8. The second-order valence-corrected chi connectivity index (χ2v) is 29.4. The van der Waals surface area contributed by atoms with Crippen LogP contribution < -0.4 is 0 Å². The highest BCUT2D eigenvalue weighted by Crippen LogP contribution is 2.80. The molecule has 6 N–H and O–H groups in total. The molecule has 0 spiro atoms. The standard InChI is InChI=1S/C30H50O4.C30H48O4/c2*1-18(17-31)19-9-14-30(25(33)34)16-15-28(5)20(24(19)30)7-8-22-27(4)12-11-23(32)26(2,3)21(27)10-13-29(22,28)6/h18-24,31-32H,7-17H2,1-6H3,(H,33,34);19-24,31-32H,1,7-17H2,2-6H3,(H,33,34)/t18?,19-,20+,21-,22+,23-,24+,27-,28+,29+,30-;19-,20+,21-,22+,23-,24+,27-,28+,29+,30-/m00/s1. The molecule has 10 fully saturated rings. The minimum atomic E-state index is -0.645. The van der Waals surface area contributed by atoms with E-state index in [1.165, 1.54) is 32.1 Å². The van der Waals surface area contributed by atoms with Crippen molar-refractivity contribution in [3.8, 4) is 0 Å². The third-order valence-electron chi connectivity index (χ3n) is 27.5. The summed E-state index contributed by atoms with van der Waals surface area (Å²) in [5, 5.41) is 62.9. The van der Waals surface area contributed by atoms with E-state index in [1.54, 1.807) is 0 Å². The van der Waals surface area contributed by atoms with E-state index < -0.39 is 22.8 Å². The summed E-state index contributed by atoms with van der Waals surface area (Å²) in [5.41, 5.74) is 0.649. The third kappa shape index (κ3) is 6.47. The quantitative estimate of drug-likeness (QED) is 0.144. The molecule has 10 aliphatic carbocycles. The molecular weight excluding hydrogens is 849 g/mol. The Bertz CT molecular complexity index is 1990. The summed E-state index contributed by atoms with van der Waals surface area (Å²) in [5.74, 6) is 2.88. The van der Waals surface area contributed by atoms with Crippen molar-refractivity contribution < 1.29 is 40.2 Å². The summed E-state index contributed by atoms with van der Waals surface area (Å²) in [6, 6.07) is 0. The zero-order chi connectivity index (χ0) is 49.8. The number of carbonyl (C=O) groups is 2. The molecule has 0 bridgehead atoms. The number of fused-ring (bicyclic) bond motifs is 14. The molecule has 0 saturated heterocycles. The predicted octanol–water partition coefficient (Wildman–Crippen LogP) is 12.2. The van der Waals surface area contributed by atoms with Gasteiger partial charge in [0.2, 0.25) is 0 Å². The van der Waals surface area contributed by atoms with Crippen molar-refractivity contribution in [3.05, 3.63) is 12.2 Å². The number of hydrogen-bond acceptors (Lipinski definition) is 6. The topological polar surface area (TPSA) is 156 Å². The lowest BCUT2D eigenvalue weighted by molar-refractivity contribution is -0.249. The minimum absolute atomic E-state index is 0.0304. The van der Waals surface area contributed by atoms with Gasteiger partial charge in [-0.3, -0.25) is 9.59 Å². The minimum Gasteiger partial charge on any atom is -0.481 e. The van der Waals surface area contributed by atoms with Crippen molar-refractivity contribution >= 4 is 11.9 Å². The normalized spacial score (nSPS) is 54.3. The van der Waals surface area contributed by atoms with Gasteiger partial charge in [0.1, 0.15) is 0 Å². The zero-order valence-corrected chi connectivity index (χ0v) is 44.8. The molecular formula is C60H98O8. The van der Waals surface area contributed by atoms with Gasteiger partial charge in [0.05, 0.1) is 29.6 Å². The smallest absolute Gasteiger partial charge is 0.309 e. The van der Waals surface area contributed by atoms with E-state index >= 15 is 0 Å². The van der Waals surface area contributed by atoms with Crippen LogP contribution >= 0.6 is 0 Å². The summed E-state index contributed by atoms with van der Waals surface area (Å²) in [6.45, 7) is 31.0. The molecule has 21 atom stereocenters. The second-order valence-electron chi connectivity index (χ2n) is 29.4. The van der Waals surface area contributed by atoms with Crippen molar-refractivity contribution in [1.82, 2.24) is 0 Å². The highest BCUT2D eigenvalue weighted by atomic mass is 16.4. The molecule has 0 aliphatic heterocycles. The molecule has 1 unspecified atom stereocenters. The van der Waals surface area contributed by atoms with E-state index in [2.05, 4.69) is 82.7 Å². The maximum Gasteiger partial charge on any atom is 0.309 e. The first kappa shape index (κ1) is 51.4. The van der Waals surface area contributed by atoms with Crippen molar-refractivity contribution in [3.63, 3.8) is 0 Å². The SMILES string of the molecule is C=C(CO)[C@@H]1CC[C@]2(C(=O)O)CC[C@]3(C)[C@H](CC[C@@H]4[C@@]5(C)CC[C@H](O)C(C)(C)[C@@H]5CC[C@]43C)[C@@H]12.CC(CO)[C@@H]1CC[C@]2(C(=O)O)CC[C@]3(C)[C@H](CC[C@@H]4[C@@]5(C)CC[C@H](O)C(C)(C)[C@@H]5CC[C@]43C)[C@@H]12. The number of carboxylic acid groups (broad SMARTS) is 2. The van der Waals surface area contributed by atoms with Crippen LogP contribution in [-0.4, -0.2) is 68.0 Å². The highest BCUT2D eigenvalue weighted by molar-refractivity contribution is 5.76. The van der Waals surface area contributed by atoms with Crippen molar-refractivity contribution in [2.24, 2.45) is 119 Å². The fourth-order valence-electron chi connectivity index (χ4n) is 23.3. The molecule has 10 rings (SSSR count). The Morgan fingerprint density at radius 1 is 0.500 bits per heavy atom. The number of aliphatic hydroxyl groups excluding tert-OH is 4. The van der Waals surface area contributed by atoms with E-state index in [-0.39, 0.29) is 92.4 Å². The number of aliphatic carboxylic acids is 2. The van der Waals surface area contributed by atoms with Gasteiger partial charge in [0, 0.05) is 6.61 Å². The van der Waals surface area contributed by atoms with Crippen LogP contribution in [0.15, 0.2) is 12.2 Å². The molecule has 68 heavy (non-hydrogen) atoms. The van der Waals surface area contributed by atoms with Crippen molar-refractivity contribution in [2.45, 2.75) is 217 Å². The van der Waals surface area contributed by atoms with Gasteiger partial charge in [0.15, 0.2) is 0 Å². The lowest BCUT2D eigenvalue weighted by Crippen LogP contribution is -2.67. The Kier molecular flexibility index (Phi) is 12.5. The summed E-state index contributed by atoms with van der Waals surface area (Å²) in [6.07, 6.45) is 19.9. The first-order valence-corrected chi connectivity index (χ1v) is 28.3. The lowest BCUT2D eigenvalue weighted by atomic mass is 9.32. The first-order valence-electron chi connectivity index (χ1n) is 28.3. The molecule has 0 amide bonds. The van der Waals surface area contributed by atoms with Gasteiger partial charge in [-0.15, -0.1) is 0 Å². The molecule has 10 saturated carbocycles. The van der Waals surface area contributed by atoms with Crippen LogP contribution in [0.5, 0.6) is 0 Å². The summed E-state index contributed by atoms with van der Waals surface area (Å²) in [7, 11) is 0. The van der Waals surface area contributed by atoms with Crippen LogP contribution in [0, 0.1) is 119 Å². The summed E-state index contributed by atoms with van der Waals surface area (Å²) < 4.78 is 0. The van der Waals surface area contributed by atoms with E-state index in [1.807, 2.05) is 0 Å². The lowest BCUT2D eigenvalue weighted by Gasteiger charge is -2.72. The molecule has 0 aromatic carbocycles. The van der Waals surface area contributed by atoms with Gasteiger partial charge in [-0.2, -0.15) is 0 Å². The van der Waals surface area contributed by atoms with Crippen LogP contribution in [0.25, 0.3) is 0 Å². The van der Waals surface area contributed by atoms with Crippen molar-refractivity contribution in [1.29, 1.82) is 0 Å². The highest BCUT2D eigenvalue weighted by Gasteiger charge is 2.74. The molecule has 10 aliphatic rings. The Balaban J connectivity index is 0.000000170. The Morgan fingerprint density at radius 3 is 1.35 bits per heavy atom. The molecule has 0 aromatic heterocycles. The molecule has 8 heteroatoms. The molecule has 0 radical (unpaired) electrons. The van der Waals surface area contributed by atoms with Crippen LogP contribution in [0.3, 0.4) is 0 Å². The number of hydrogen-bond donors (Lipinski definition) is 6. The van der Waals surface area contributed by atoms with Crippen molar-refractivity contribution in [2.75, 3.05) is 13.2 Å². The molecule has 0 aromatic rings. The number of aliphatic hydroxyl groups is 4. The molecule has 386 valence electrons. The van der Waals surface area contributed by atoms with E-state index in [0.29, 0.717) is 41.4 Å². The van der Waals surface area contributed by atoms with Gasteiger partial charge < -0.3 is 30.6 Å². The maximum atomic E-state index is 12.8. The largest absolute Gasteiger partial charge is 0.481 e. The van der Waals surface area contributed by atoms with Crippen LogP contribution in [0.2, 0.25) is 0 Å². The maximum absolute atomic E-state index is 12.8. The van der Waals surface area contributed by atoms with E-state index in [0.717, 1.165) is 102 Å². The second kappa shape index (κ2) is 16.5. The number of carboxylic acids is 2. The molecule has 0 heterocycles. The molecule has 8 nitrogen and oxygen atoms in total. The first-order chi connectivity index (χ1) is 31.6. The van der Waals surface area contributed by atoms with Gasteiger partial charge in [-0.1, -0.05) is 82.7 Å².